The van der Waals surface area contributed by atoms with Gasteiger partial charge in [-0.1, -0.05) is 0 Å². The molecule has 0 bridgehead atoms. The van der Waals surface area contributed by atoms with Crippen LogP contribution in [0.4, 0.5) is 32.3 Å². The average Bonchev–Trinajstić information content (AvgIpc) is 2.80. The summed E-state index contributed by atoms with van der Waals surface area (Å²) in [6.07, 6.45) is -9.48. The smallest absolute Gasteiger partial charge is 0.372 e. The number of halogens is 6. The molecule has 3 rings (SSSR count). The molecule has 0 saturated carbocycles. The predicted octanol–water partition coefficient (Wildman–Crippen LogP) is 1.85. The van der Waals surface area contributed by atoms with Crippen LogP contribution < -0.4 is 15.8 Å². The summed E-state index contributed by atoms with van der Waals surface area (Å²) in [7, 11) is 0. The van der Waals surface area contributed by atoms with Gasteiger partial charge in [0.1, 0.15) is 0 Å². The van der Waals surface area contributed by atoms with E-state index in [0.717, 1.165) is 12.4 Å². The summed E-state index contributed by atoms with van der Waals surface area (Å²) < 4.78 is 82.9. The summed E-state index contributed by atoms with van der Waals surface area (Å²) in [6.45, 7) is 2.91. The van der Waals surface area contributed by atoms with Crippen molar-refractivity contribution in [2.24, 2.45) is 5.92 Å². The minimum atomic E-state index is -4.72. The number of rotatable bonds is 8. The number of carbonyl (C=O) groups is 2. The number of alkyl halides is 6. The predicted molar refractivity (Wildman–Crippen MR) is 118 cm³/mol. The van der Waals surface area contributed by atoms with Crippen LogP contribution in [0.5, 0.6) is 0 Å². The van der Waals surface area contributed by atoms with Crippen LogP contribution in [0.15, 0.2) is 12.4 Å². The standard InChI is InChI=1S/C20H26F6N6O3S/c1-12(35-14-10-29-30-17(34)16(14)20(24,25)26)11-36-7-2-15(33)31-3-5-32(6-4-31)18-27-8-13(9-28-18)19(21,22)23/h8-9,12,14,16,29H,2-7,10-11H2,1H3,(H,30,34)/t12-,14?,16?/m1/s1. The number of piperazine rings is 1. The molecule has 2 aliphatic heterocycles. The SMILES string of the molecule is C[C@H](CSCCC(=O)N1CCN(c2ncc(C(F)(F)F)cn2)CC1)OC1CNNC(=O)C1C(F)(F)F. The van der Waals surface area contributed by atoms with Crippen LogP contribution in [-0.2, 0) is 20.5 Å². The molecule has 2 unspecified atom stereocenters. The number of carbonyl (C=O) groups excluding carboxylic acids is 2. The maximum atomic E-state index is 13.2. The van der Waals surface area contributed by atoms with Crippen LogP contribution in [0, 0.1) is 5.92 Å². The number of thioether (sulfide) groups is 1. The molecule has 0 radical (unpaired) electrons. The van der Waals surface area contributed by atoms with Crippen molar-refractivity contribution in [3.63, 3.8) is 0 Å². The Labute approximate surface area is 207 Å². The fraction of sp³-hybridized carbons (Fsp3) is 0.700. The maximum absolute atomic E-state index is 13.2. The second-order valence-corrected chi connectivity index (χ2v) is 9.49. The van der Waals surface area contributed by atoms with E-state index in [0.29, 0.717) is 37.7 Å². The Kier molecular flexibility index (Phi) is 9.27. The molecule has 1 aromatic rings. The number of amides is 2. The summed E-state index contributed by atoms with van der Waals surface area (Å²) in [6, 6.07) is 0. The Balaban J connectivity index is 1.36. The largest absolute Gasteiger partial charge is 0.419 e. The molecule has 202 valence electrons. The van der Waals surface area contributed by atoms with Gasteiger partial charge in [0.2, 0.25) is 17.8 Å². The van der Waals surface area contributed by atoms with E-state index in [1.165, 1.54) is 11.8 Å². The number of hydrogen-bond donors (Lipinski definition) is 2. The first-order valence-corrected chi connectivity index (χ1v) is 12.3. The molecule has 2 N–H and O–H groups in total. The Bertz CT molecular complexity index is 895. The lowest BCUT2D eigenvalue weighted by molar-refractivity contribution is -0.216. The quantitative estimate of drug-likeness (QED) is 0.378. The molecule has 3 atom stereocenters. The Morgan fingerprint density at radius 1 is 1.17 bits per heavy atom. The number of ether oxygens (including phenoxy) is 1. The molecule has 2 fully saturated rings. The summed E-state index contributed by atoms with van der Waals surface area (Å²) in [4.78, 5) is 34.9. The van der Waals surface area contributed by atoms with Crippen molar-refractivity contribution in [1.82, 2.24) is 25.7 Å². The Morgan fingerprint density at radius 3 is 2.39 bits per heavy atom. The van der Waals surface area contributed by atoms with Gasteiger partial charge in [-0.05, 0) is 6.92 Å². The van der Waals surface area contributed by atoms with Gasteiger partial charge in [-0.25, -0.2) is 15.4 Å². The topological polar surface area (TPSA) is 99.7 Å². The summed E-state index contributed by atoms with van der Waals surface area (Å²) in [5, 5.41) is 0. The molecule has 2 aliphatic rings. The van der Waals surface area contributed by atoms with Gasteiger partial charge in [-0.2, -0.15) is 38.1 Å². The minimum absolute atomic E-state index is 0.102. The van der Waals surface area contributed by atoms with Crippen LogP contribution >= 0.6 is 11.8 Å². The third-order valence-electron chi connectivity index (χ3n) is 5.62. The van der Waals surface area contributed by atoms with Crippen molar-refractivity contribution in [3.8, 4) is 0 Å². The molecule has 0 aliphatic carbocycles. The molecule has 1 aromatic heterocycles. The number of hydrogen-bond acceptors (Lipinski definition) is 8. The average molecular weight is 545 g/mol. The van der Waals surface area contributed by atoms with E-state index < -0.39 is 41.9 Å². The monoisotopic (exact) mass is 544 g/mol. The lowest BCUT2D eigenvalue weighted by Gasteiger charge is -2.35. The van der Waals surface area contributed by atoms with Crippen molar-refractivity contribution >= 4 is 29.5 Å². The number of nitrogens with zero attached hydrogens (tertiary/aromatic N) is 4. The zero-order valence-corrected chi connectivity index (χ0v) is 20.0. The maximum Gasteiger partial charge on any atom is 0.419 e. The first-order valence-electron chi connectivity index (χ1n) is 11.1. The van der Waals surface area contributed by atoms with Gasteiger partial charge in [0.05, 0.1) is 17.8 Å². The van der Waals surface area contributed by atoms with Crippen molar-refractivity contribution in [3.05, 3.63) is 18.0 Å². The first-order chi connectivity index (χ1) is 16.9. The van der Waals surface area contributed by atoms with Gasteiger partial charge in [-0.15, -0.1) is 0 Å². The fourth-order valence-corrected chi connectivity index (χ4v) is 4.68. The number of nitrogens with one attached hydrogen (secondary N) is 2. The van der Waals surface area contributed by atoms with Crippen LogP contribution in [-0.4, -0.2) is 89.3 Å². The normalized spacial score (nSPS) is 22.4. The highest BCUT2D eigenvalue weighted by Crippen LogP contribution is 2.32. The number of hydrazine groups is 1. The van der Waals surface area contributed by atoms with E-state index in [2.05, 4.69) is 15.4 Å². The van der Waals surface area contributed by atoms with Crippen LogP contribution in [0.3, 0.4) is 0 Å². The lowest BCUT2D eigenvalue weighted by atomic mass is 9.99. The summed E-state index contributed by atoms with van der Waals surface area (Å²) in [5.41, 5.74) is 3.43. The van der Waals surface area contributed by atoms with Gasteiger partial charge in [0.15, 0.2) is 5.92 Å². The molecular weight excluding hydrogens is 518 g/mol. The van der Waals surface area contributed by atoms with Gasteiger partial charge >= 0.3 is 12.4 Å². The highest BCUT2D eigenvalue weighted by atomic mass is 32.2. The van der Waals surface area contributed by atoms with E-state index in [1.807, 2.05) is 5.43 Å². The summed E-state index contributed by atoms with van der Waals surface area (Å²) in [5.74, 6) is -2.60. The van der Waals surface area contributed by atoms with E-state index in [-0.39, 0.29) is 24.8 Å². The van der Waals surface area contributed by atoms with Gasteiger partial charge in [-0.3, -0.25) is 15.0 Å². The van der Waals surface area contributed by atoms with Gasteiger partial charge in [0.25, 0.3) is 0 Å². The van der Waals surface area contributed by atoms with E-state index >= 15 is 0 Å². The van der Waals surface area contributed by atoms with E-state index in [1.54, 1.807) is 16.7 Å². The van der Waals surface area contributed by atoms with Gasteiger partial charge < -0.3 is 14.5 Å². The minimum Gasteiger partial charge on any atom is -0.372 e. The molecule has 0 aromatic carbocycles. The molecule has 0 spiro atoms. The fourth-order valence-electron chi connectivity index (χ4n) is 3.78. The van der Waals surface area contributed by atoms with Crippen LogP contribution in [0.1, 0.15) is 18.9 Å². The molecule has 3 heterocycles. The third-order valence-corrected chi connectivity index (χ3v) is 6.82. The highest BCUT2D eigenvalue weighted by molar-refractivity contribution is 7.99. The molecule has 2 saturated heterocycles. The zero-order valence-electron chi connectivity index (χ0n) is 19.2. The number of aromatic nitrogens is 2. The van der Waals surface area contributed by atoms with Crippen molar-refractivity contribution in [2.45, 2.75) is 37.9 Å². The third kappa shape index (κ3) is 7.59. The Morgan fingerprint density at radius 2 is 1.81 bits per heavy atom. The second-order valence-electron chi connectivity index (χ2n) is 8.34. The van der Waals surface area contributed by atoms with Crippen molar-refractivity contribution in [1.29, 1.82) is 0 Å². The van der Waals surface area contributed by atoms with Gasteiger partial charge in [0, 0.05) is 63.0 Å². The molecule has 9 nitrogen and oxygen atoms in total. The van der Waals surface area contributed by atoms with Crippen molar-refractivity contribution < 1.29 is 40.7 Å². The second kappa shape index (κ2) is 11.8. The van der Waals surface area contributed by atoms with Crippen LogP contribution in [0.25, 0.3) is 0 Å². The summed E-state index contributed by atoms with van der Waals surface area (Å²) >= 11 is 1.36. The molecule has 2 amide bonds. The first kappa shape index (κ1) is 28.2. The molecular formula is C20H26F6N6O3S. The van der Waals surface area contributed by atoms with E-state index in [4.69, 9.17) is 4.74 Å². The molecule has 36 heavy (non-hydrogen) atoms. The lowest BCUT2D eigenvalue weighted by Crippen LogP contribution is -2.60. The number of anilines is 1. The molecule has 16 heteroatoms. The van der Waals surface area contributed by atoms with Crippen molar-refractivity contribution in [2.75, 3.05) is 49.1 Å². The van der Waals surface area contributed by atoms with E-state index in [9.17, 15) is 35.9 Å². The zero-order chi connectivity index (χ0) is 26.5. The highest BCUT2D eigenvalue weighted by Gasteiger charge is 2.52. The Hall–Kier alpha value is -2.33. The van der Waals surface area contributed by atoms with Crippen LogP contribution in [0.2, 0.25) is 0 Å².